The van der Waals surface area contributed by atoms with Gasteiger partial charge in [0.05, 0.1) is 6.10 Å². The van der Waals surface area contributed by atoms with Gasteiger partial charge in [-0.1, -0.05) is 60.7 Å². The van der Waals surface area contributed by atoms with Crippen LogP contribution >= 0.6 is 0 Å². The van der Waals surface area contributed by atoms with Crippen molar-refractivity contribution in [2.24, 2.45) is 0 Å². The molecule has 2 aromatic carbocycles. The number of hydrogen-bond acceptors (Lipinski definition) is 2. The van der Waals surface area contributed by atoms with Crippen molar-refractivity contribution < 1.29 is 8.85 Å². The summed E-state index contributed by atoms with van der Waals surface area (Å²) in [5, 5.41) is 0. The summed E-state index contributed by atoms with van der Waals surface area (Å²) < 4.78 is 11.8. The molecular weight excluding hydrogens is 252 g/mol. The van der Waals surface area contributed by atoms with Crippen molar-refractivity contribution in [3.8, 4) is 0 Å². The Kier molecular flexibility index (Phi) is 4.53. The summed E-state index contributed by atoms with van der Waals surface area (Å²) in [6.45, 7) is 4.12. The average Bonchev–Trinajstić information content (AvgIpc) is 2.47. The van der Waals surface area contributed by atoms with Crippen LogP contribution in [0, 0.1) is 0 Å². The van der Waals surface area contributed by atoms with Crippen molar-refractivity contribution in [2.45, 2.75) is 19.2 Å². The van der Waals surface area contributed by atoms with Crippen LogP contribution in [0.3, 0.4) is 0 Å². The molecule has 0 atom stereocenters. The molecule has 0 fully saturated rings. The molecule has 0 N–H and O–H groups in total. The molecule has 0 unspecified atom stereocenters. The fourth-order valence-electron chi connectivity index (χ4n) is 1.92. The van der Waals surface area contributed by atoms with Gasteiger partial charge >= 0.3 is 8.56 Å². The van der Waals surface area contributed by atoms with Crippen LogP contribution in [0.15, 0.2) is 60.7 Å². The van der Waals surface area contributed by atoms with E-state index in [0.717, 1.165) is 11.1 Å². The van der Waals surface area contributed by atoms with Gasteiger partial charge in [-0.15, -0.1) is 0 Å². The smallest absolute Gasteiger partial charge is 0.332 e. The average molecular weight is 272 g/mol. The van der Waals surface area contributed by atoms with Crippen molar-refractivity contribution in [1.82, 2.24) is 0 Å². The molecule has 0 amide bonds. The summed E-state index contributed by atoms with van der Waals surface area (Å²) in [4.78, 5) is 0. The Labute approximate surface area is 116 Å². The molecule has 0 heterocycles. The van der Waals surface area contributed by atoms with Gasteiger partial charge in [0, 0.05) is 7.11 Å². The van der Waals surface area contributed by atoms with Gasteiger partial charge in [0.2, 0.25) is 0 Å². The fourth-order valence-corrected chi connectivity index (χ4v) is 2.85. The minimum Gasteiger partial charge on any atom is -0.398 e. The van der Waals surface area contributed by atoms with E-state index in [-0.39, 0.29) is 6.10 Å². The Hall–Kier alpha value is -1.42. The highest BCUT2D eigenvalue weighted by Gasteiger charge is 2.29. The van der Waals surface area contributed by atoms with Crippen molar-refractivity contribution in [3.05, 3.63) is 71.8 Å². The molecule has 0 aliphatic carbocycles. The van der Waals surface area contributed by atoms with E-state index in [1.54, 1.807) is 7.11 Å². The Morgan fingerprint density at radius 1 is 0.789 bits per heavy atom. The van der Waals surface area contributed by atoms with Gasteiger partial charge in [0.1, 0.15) is 0 Å². The van der Waals surface area contributed by atoms with Gasteiger partial charge in [-0.25, -0.2) is 0 Å². The van der Waals surface area contributed by atoms with Gasteiger partial charge in [-0.3, -0.25) is 0 Å². The molecular formula is C16H20O2Si. The summed E-state index contributed by atoms with van der Waals surface area (Å²) >= 11 is 0. The highest BCUT2D eigenvalue weighted by molar-refractivity contribution is 6.64. The largest absolute Gasteiger partial charge is 0.398 e. The molecule has 2 aromatic rings. The second-order valence-electron chi connectivity index (χ2n) is 4.92. The van der Waals surface area contributed by atoms with Crippen LogP contribution in [-0.4, -0.2) is 15.7 Å². The first-order valence-electron chi connectivity index (χ1n) is 6.45. The summed E-state index contributed by atoms with van der Waals surface area (Å²) in [6.07, 6.45) is -0.0657. The Morgan fingerprint density at radius 2 is 1.21 bits per heavy atom. The quantitative estimate of drug-likeness (QED) is 0.762. The van der Waals surface area contributed by atoms with Crippen molar-refractivity contribution >= 4 is 8.56 Å². The predicted octanol–water partition coefficient (Wildman–Crippen LogP) is 4.14. The van der Waals surface area contributed by atoms with Crippen LogP contribution in [0.1, 0.15) is 17.2 Å². The number of benzene rings is 2. The van der Waals surface area contributed by atoms with Crippen molar-refractivity contribution in [1.29, 1.82) is 0 Å². The Balaban J connectivity index is 2.35. The molecule has 0 saturated carbocycles. The van der Waals surface area contributed by atoms with Gasteiger partial charge in [-0.05, 0) is 24.2 Å². The molecule has 2 nitrogen and oxygen atoms in total. The van der Waals surface area contributed by atoms with Gasteiger partial charge in [0.15, 0.2) is 0 Å². The molecule has 0 aliphatic heterocycles. The molecule has 0 saturated heterocycles. The maximum absolute atomic E-state index is 6.28. The second kappa shape index (κ2) is 6.15. The monoisotopic (exact) mass is 272 g/mol. The summed E-state index contributed by atoms with van der Waals surface area (Å²) in [7, 11) is -0.384. The first kappa shape index (κ1) is 14.0. The van der Waals surface area contributed by atoms with Crippen LogP contribution in [-0.2, 0) is 8.85 Å². The summed E-state index contributed by atoms with van der Waals surface area (Å²) in [6, 6.07) is 20.6. The van der Waals surface area contributed by atoms with Crippen LogP contribution in [0.5, 0.6) is 0 Å². The van der Waals surface area contributed by atoms with Gasteiger partial charge < -0.3 is 8.85 Å². The lowest BCUT2D eigenvalue weighted by Gasteiger charge is -2.28. The highest BCUT2D eigenvalue weighted by atomic mass is 28.4. The van der Waals surface area contributed by atoms with Gasteiger partial charge in [0.25, 0.3) is 0 Å². The molecule has 0 bridgehead atoms. The standard InChI is InChI=1S/C16H20O2Si/c1-17-19(2,3)18-16(14-10-6-4-7-11-14)15-12-8-5-9-13-15/h4-13,16H,1-3H3. The third kappa shape index (κ3) is 3.77. The van der Waals surface area contributed by atoms with Crippen LogP contribution < -0.4 is 0 Å². The Morgan fingerprint density at radius 3 is 1.58 bits per heavy atom. The van der Waals surface area contributed by atoms with Crippen molar-refractivity contribution in [2.75, 3.05) is 7.11 Å². The topological polar surface area (TPSA) is 18.5 Å². The molecule has 0 aliphatic rings. The SMILES string of the molecule is CO[Si](C)(C)OC(c1ccccc1)c1ccccc1. The molecule has 0 spiro atoms. The maximum Gasteiger partial charge on any atom is 0.332 e. The molecule has 19 heavy (non-hydrogen) atoms. The lowest BCUT2D eigenvalue weighted by atomic mass is 10.0. The Bertz CT molecular complexity index is 457. The minimum atomic E-state index is -2.11. The lowest BCUT2D eigenvalue weighted by molar-refractivity contribution is 0.165. The van der Waals surface area contributed by atoms with E-state index in [1.165, 1.54) is 0 Å². The zero-order chi connectivity index (χ0) is 13.7. The third-order valence-electron chi connectivity index (χ3n) is 3.10. The zero-order valence-electron chi connectivity index (χ0n) is 11.7. The molecule has 3 heteroatoms. The normalized spacial score (nSPS) is 11.8. The molecule has 100 valence electrons. The number of hydrogen-bond donors (Lipinski definition) is 0. The van der Waals surface area contributed by atoms with E-state index in [0.29, 0.717) is 0 Å². The third-order valence-corrected chi connectivity index (χ3v) is 4.88. The van der Waals surface area contributed by atoms with E-state index in [1.807, 2.05) is 36.4 Å². The van der Waals surface area contributed by atoms with E-state index >= 15 is 0 Å². The first-order valence-corrected chi connectivity index (χ1v) is 9.27. The molecule has 0 aromatic heterocycles. The lowest BCUT2D eigenvalue weighted by Crippen LogP contribution is -2.35. The predicted molar refractivity (Wildman–Crippen MR) is 80.3 cm³/mol. The van der Waals surface area contributed by atoms with Gasteiger partial charge in [-0.2, -0.15) is 0 Å². The first-order chi connectivity index (χ1) is 9.12. The van der Waals surface area contributed by atoms with Crippen LogP contribution in [0.2, 0.25) is 13.1 Å². The summed E-state index contributed by atoms with van der Waals surface area (Å²) in [5.41, 5.74) is 2.32. The second-order valence-corrected chi connectivity index (χ2v) is 8.37. The van der Waals surface area contributed by atoms with E-state index in [4.69, 9.17) is 8.85 Å². The fraction of sp³-hybridized carbons (Fsp3) is 0.250. The van der Waals surface area contributed by atoms with E-state index in [9.17, 15) is 0 Å². The highest BCUT2D eigenvalue weighted by Crippen LogP contribution is 2.29. The minimum absolute atomic E-state index is 0.0657. The molecule has 0 radical (unpaired) electrons. The molecule has 2 rings (SSSR count). The summed E-state index contributed by atoms with van der Waals surface area (Å²) in [5.74, 6) is 0. The van der Waals surface area contributed by atoms with Crippen molar-refractivity contribution in [3.63, 3.8) is 0 Å². The zero-order valence-corrected chi connectivity index (χ0v) is 12.7. The van der Waals surface area contributed by atoms with E-state index in [2.05, 4.69) is 37.4 Å². The van der Waals surface area contributed by atoms with Crippen LogP contribution in [0.25, 0.3) is 0 Å². The number of rotatable bonds is 5. The van der Waals surface area contributed by atoms with E-state index < -0.39 is 8.56 Å². The maximum atomic E-state index is 6.28. The van der Waals surface area contributed by atoms with Crippen LogP contribution in [0.4, 0.5) is 0 Å².